The lowest BCUT2D eigenvalue weighted by Crippen LogP contribution is -2.35. The zero-order chi connectivity index (χ0) is 13.0. The standard InChI is InChI=1S/C14H12N4O.2H2/c15-9-4-8-5-14(6-11(8)17-7-9)10-2-1-3-16-12(10)18-13(14)19;;/h1-4,7H,5-6,15H2,(H,16,18,19);2*1H/t14-;;/m0../s1. The summed E-state index contributed by atoms with van der Waals surface area (Å²) in [5, 5.41) is 2.87. The second-order valence-corrected chi connectivity index (χ2v) is 5.16. The van der Waals surface area contributed by atoms with Gasteiger partial charge in [-0.15, -0.1) is 0 Å². The topological polar surface area (TPSA) is 80.9 Å². The van der Waals surface area contributed by atoms with E-state index < -0.39 is 5.41 Å². The fourth-order valence-electron chi connectivity index (χ4n) is 3.13. The van der Waals surface area contributed by atoms with E-state index in [1.165, 1.54) is 0 Å². The second-order valence-electron chi connectivity index (χ2n) is 5.16. The van der Waals surface area contributed by atoms with Gasteiger partial charge in [-0.25, -0.2) is 4.98 Å². The molecule has 1 spiro atoms. The second kappa shape index (κ2) is 3.32. The number of pyridine rings is 2. The number of hydrogen-bond acceptors (Lipinski definition) is 4. The summed E-state index contributed by atoms with van der Waals surface area (Å²) in [6, 6.07) is 5.75. The van der Waals surface area contributed by atoms with E-state index in [2.05, 4.69) is 15.3 Å². The number of nitrogen functional groups attached to an aromatic ring is 1. The van der Waals surface area contributed by atoms with Crippen LogP contribution in [0.5, 0.6) is 0 Å². The zero-order valence-electron chi connectivity index (χ0n) is 10.2. The Morgan fingerprint density at radius 2 is 2.26 bits per heavy atom. The first-order valence-corrected chi connectivity index (χ1v) is 6.19. The first kappa shape index (κ1) is 10.5. The molecule has 2 aromatic rings. The fourth-order valence-corrected chi connectivity index (χ4v) is 3.13. The number of nitrogens with zero attached hydrogens (tertiary/aromatic N) is 2. The Bertz CT molecular complexity index is 722. The van der Waals surface area contributed by atoms with E-state index in [0.29, 0.717) is 24.3 Å². The summed E-state index contributed by atoms with van der Waals surface area (Å²) >= 11 is 0. The van der Waals surface area contributed by atoms with Gasteiger partial charge in [-0.2, -0.15) is 0 Å². The first-order chi connectivity index (χ1) is 9.19. The Hall–Kier alpha value is -2.43. The highest BCUT2D eigenvalue weighted by atomic mass is 16.2. The lowest BCUT2D eigenvalue weighted by atomic mass is 9.80. The van der Waals surface area contributed by atoms with Gasteiger partial charge in [0.1, 0.15) is 5.82 Å². The molecule has 1 atom stereocenters. The van der Waals surface area contributed by atoms with Crippen LogP contribution in [-0.2, 0) is 23.1 Å². The van der Waals surface area contributed by atoms with Crippen molar-refractivity contribution in [1.29, 1.82) is 0 Å². The highest BCUT2D eigenvalue weighted by molar-refractivity contribution is 6.06. The normalized spacial score (nSPS) is 23.3. The van der Waals surface area contributed by atoms with E-state index in [1.807, 2.05) is 18.2 Å². The van der Waals surface area contributed by atoms with Crippen LogP contribution in [0.3, 0.4) is 0 Å². The average molecular weight is 256 g/mol. The molecule has 5 nitrogen and oxygen atoms in total. The molecule has 19 heavy (non-hydrogen) atoms. The van der Waals surface area contributed by atoms with Gasteiger partial charge in [-0.3, -0.25) is 9.78 Å². The number of carbonyl (C=O) groups is 1. The molecule has 1 aliphatic carbocycles. The number of hydrogen-bond donors (Lipinski definition) is 2. The van der Waals surface area contributed by atoms with Crippen molar-refractivity contribution in [3.63, 3.8) is 0 Å². The van der Waals surface area contributed by atoms with E-state index in [9.17, 15) is 4.79 Å². The molecule has 5 heteroatoms. The molecule has 0 radical (unpaired) electrons. The van der Waals surface area contributed by atoms with Gasteiger partial charge in [-0.05, 0) is 24.1 Å². The van der Waals surface area contributed by atoms with Crippen molar-refractivity contribution in [2.24, 2.45) is 0 Å². The lowest BCUT2D eigenvalue weighted by Gasteiger charge is -2.19. The van der Waals surface area contributed by atoms with Crippen molar-refractivity contribution in [2.45, 2.75) is 18.3 Å². The van der Waals surface area contributed by atoms with Crippen LogP contribution in [0.4, 0.5) is 11.5 Å². The summed E-state index contributed by atoms with van der Waals surface area (Å²) in [6.45, 7) is 0. The minimum Gasteiger partial charge on any atom is -0.397 e. The van der Waals surface area contributed by atoms with Crippen molar-refractivity contribution in [1.82, 2.24) is 9.97 Å². The molecular formula is C14H16N4O. The third kappa shape index (κ3) is 1.27. The fraction of sp³-hybridized carbons (Fsp3) is 0.214. The van der Waals surface area contributed by atoms with Gasteiger partial charge in [0, 0.05) is 26.7 Å². The van der Waals surface area contributed by atoms with Gasteiger partial charge in [0.15, 0.2) is 0 Å². The predicted molar refractivity (Wildman–Crippen MR) is 74.8 cm³/mol. The number of fused-ring (bicyclic) bond motifs is 3. The number of nitrogens with one attached hydrogen (secondary N) is 1. The van der Waals surface area contributed by atoms with Crippen molar-refractivity contribution >= 4 is 17.4 Å². The minimum atomic E-state index is -0.549. The molecule has 2 aromatic heterocycles. The van der Waals surface area contributed by atoms with Crippen LogP contribution in [0.25, 0.3) is 0 Å². The SMILES string of the molecule is Nc1cnc2c(c1)C[C@@]1(C2)C(=O)Nc2ncccc21.[HH].[HH]. The molecule has 0 saturated heterocycles. The molecule has 0 fully saturated rings. The van der Waals surface area contributed by atoms with Crippen LogP contribution < -0.4 is 11.1 Å². The van der Waals surface area contributed by atoms with Gasteiger partial charge < -0.3 is 11.1 Å². The summed E-state index contributed by atoms with van der Waals surface area (Å²) < 4.78 is 0. The minimum absolute atomic E-state index is 0. The van der Waals surface area contributed by atoms with Crippen LogP contribution >= 0.6 is 0 Å². The van der Waals surface area contributed by atoms with E-state index in [1.54, 1.807) is 12.4 Å². The molecular weight excluding hydrogens is 240 g/mol. The van der Waals surface area contributed by atoms with Crippen LogP contribution in [0.2, 0.25) is 0 Å². The third-order valence-corrected chi connectivity index (χ3v) is 4.03. The maximum atomic E-state index is 12.4. The average Bonchev–Trinajstić information content (AvgIpc) is 2.90. The third-order valence-electron chi connectivity index (χ3n) is 4.03. The number of rotatable bonds is 0. The van der Waals surface area contributed by atoms with Crippen LogP contribution in [0.1, 0.15) is 19.7 Å². The number of carbonyl (C=O) groups excluding carboxylic acids is 1. The van der Waals surface area contributed by atoms with Crippen molar-refractivity contribution < 1.29 is 7.65 Å². The summed E-state index contributed by atoms with van der Waals surface area (Å²) in [5.41, 5.74) is 8.85. The molecule has 2 aliphatic rings. The van der Waals surface area contributed by atoms with Gasteiger partial charge >= 0.3 is 0 Å². The molecule has 4 rings (SSSR count). The first-order valence-electron chi connectivity index (χ1n) is 6.19. The number of aromatic nitrogens is 2. The Kier molecular flexibility index (Phi) is 1.83. The van der Waals surface area contributed by atoms with E-state index >= 15 is 0 Å². The van der Waals surface area contributed by atoms with Gasteiger partial charge in [-0.1, -0.05) is 6.07 Å². The molecule has 98 valence electrons. The summed E-state index contributed by atoms with van der Waals surface area (Å²) in [5.74, 6) is 0.686. The Labute approximate surface area is 112 Å². The van der Waals surface area contributed by atoms with Crippen LogP contribution in [-0.4, -0.2) is 15.9 Å². The molecule has 0 saturated carbocycles. The number of amides is 1. The zero-order valence-corrected chi connectivity index (χ0v) is 10.2. The summed E-state index contributed by atoms with van der Waals surface area (Å²) in [7, 11) is 0. The highest BCUT2D eigenvalue weighted by Crippen LogP contribution is 2.46. The maximum Gasteiger partial charge on any atom is 0.237 e. The smallest absolute Gasteiger partial charge is 0.237 e. The quantitative estimate of drug-likeness (QED) is 0.749. The van der Waals surface area contributed by atoms with Crippen molar-refractivity contribution in [2.75, 3.05) is 11.1 Å². The van der Waals surface area contributed by atoms with Gasteiger partial charge in [0.25, 0.3) is 0 Å². The van der Waals surface area contributed by atoms with Crippen LogP contribution in [0, 0.1) is 0 Å². The molecule has 0 aromatic carbocycles. The maximum absolute atomic E-state index is 12.4. The molecule has 3 heterocycles. The molecule has 1 aliphatic heterocycles. The molecule has 3 N–H and O–H groups in total. The van der Waals surface area contributed by atoms with E-state index in [-0.39, 0.29) is 8.76 Å². The number of nitrogens with two attached hydrogens (primary N) is 1. The monoisotopic (exact) mass is 256 g/mol. The van der Waals surface area contributed by atoms with Gasteiger partial charge in [0.05, 0.1) is 17.3 Å². The Morgan fingerprint density at radius 1 is 1.37 bits per heavy atom. The largest absolute Gasteiger partial charge is 0.397 e. The highest BCUT2D eigenvalue weighted by Gasteiger charge is 2.51. The predicted octanol–water partition coefficient (Wildman–Crippen LogP) is 1.54. The molecule has 0 unspecified atom stereocenters. The van der Waals surface area contributed by atoms with Gasteiger partial charge in [0.2, 0.25) is 5.91 Å². The Morgan fingerprint density at radius 3 is 3.16 bits per heavy atom. The van der Waals surface area contributed by atoms with Crippen molar-refractivity contribution in [3.05, 3.63) is 47.4 Å². The number of anilines is 2. The van der Waals surface area contributed by atoms with Crippen molar-refractivity contribution in [3.8, 4) is 0 Å². The molecule has 0 bridgehead atoms. The summed E-state index contributed by atoms with van der Waals surface area (Å²) in [6.07, 6.45) is 4.60. The lowest BCUT2D eigenvalue weighted by molar-refractivity contribution is -0.120. The van der Waals surface area contributed by atoms with E-state index in [4.69, 9.17) is 5.73 Å². The van der Waals surface area contributed by atoms with E-state index in [0.717, 1.165) is 16.8 Å². The molecule has 1 amide bonds. The van der Waals surface area contributed by atoms with Crippen LogP contribution in [0.15, 0.2) is 30.6 Å². The summed E-state index contributed by atoms with van der Waals surface area (Å²) in [4.78, 5) is 21.0. The Balaban J connectivity index is 0.000000807.